The van der Waals surface area contributed by atoms with E-state index in [4.69, 9.17) is 9.47 Å². The van der Waals surface area contributed by atoms with Crippen LogP contribution in [0, 0.1) is 10.1 Å². The molecule has 2 amide bonds. The van der Waals surface area contributed by atoms with Crippen LogP contribution in [-0.2, 0) is 22.3 Å². The summed E-state index contributed by atoms with van der Waals surface area (Å²) in [5.74, 6) is -8.22. The first-order valence-electron chi connectivity index (χ1n) is 11.5. The second-order valence-corrected chi connectivity index (χ2v) is 8.26. The molecule has 0 fully saturated rings. The van der Waals surface area contributed by atoms with Gasteiger partial charge in [0, 0.05) is 6.07 Å². The number of allylic oxidation sites excluding steroid dienone is 1. The molecule has 1 aromatic heterocycles. The third-order valence-electron chi connectivity index (χ3n) is 5.19. The predicted octanol–water partition coefficient (Wildman–Crippen LogP) is 4.91. The van der Waals surface area contributed by atoms with E-state index >= 15 is 0 Å². The fourth-order valence-corrected chi connectivity index (χ4v) is 3.15. The lowest BCUT2D eigenvalue weighted by atomic mass is 10.1. The maximum atomic E-state index is 14.4. The average Bonchev–Trinajstić information content (AvgIpc) is 2.90. The van der Waals surface area contributed by atoms with Crippen molar-refractivity contribution in [3.05, 3.63) is 88.6 Å². The lowest BCUT2D eigenvalue weighted by Gasteiger charge is -2.23. The van der Waals surface area contributed by atoms with Crippen LogP contribution in [0.4, 0.5) is 27.6 Å². The van der Waals surface area contributed by atoms with Gasteiger partial charge in [0.1, 0.15) is 5.56 Å². The number of benzene rings is 1. The molecular weight excluding hydrogens is 547 g/mol. The number of carbonyl (C=O) groups is 2. The maximum absolute atomic E-state index is 14.4. The zero-order valence-corrected chi connectivity index (χ0v) is 21.0. The second kappa shape index (κ2) is 13.6. The Kier molecular flexibility index (Phi) is 10.8. The lowest BCUT2D eigenvalue weighted by Crippen LogP contribution is -2.52. The summed E-state index contributed by atoms with van der Waals surface area (Å²) in [6.07, 6.45) is -6.33. The van der Waals surface area contributed by atoms with E-state index in [2.05, 4.69) is 18.1 Å². The fraction of sp³-hybridized carbons (Fsp3) is 0.320. The van der Waals surface area contributed by atoms with E-state index in [1.807, 2.05) is 0 Å². The molecule has 0 radical (unpaired) electrons. The molecule has 1 unspecified atom stereocenters. The Balaban J connectivity index is 2.33. The third kappa shape index (κ3) is 8.56. The Morgan fingerprint density at radius 1 is 1.15 bits per heavy atom. The van der Waals surface area contributed by atoms with E-state index in [9.17, 15) is 41.7 Å². The van der Waals surface area contributed by atoms with Crippen LogP contribution in [0.15, 0.2) is 61.7 Å². The van der Waals surface area contributed by atoms with Crippen molar-refractivity contribution in [1.82, 2.24) is 15.8 Å². The van der Waals surface area contributed by atoms with Crippen LogP contribution in [0.2, 0.25) is 0 Å². The molecule has 0 bridgehead atoms. The zero-order chi connectivity index (χ0) is 30.1. The Morgan fingerprint density at radius 2 is 1.80 bits per heavy atom. The van der Waals surface area contributed by atoms with Gasteiger partial charge < -0.3 is 9.47 Å². The Labute approximate surface area is 225 Å². The normalized spacial score (nSPS) is 13.1. The smallest absolute Gasteiger partial charge is 0.421 e. The molecule has 0 spiro atoms. The van der Waals surface area contributed by atoms with E-state index in [1.165, 1.54) is 25.1 Å². The molecule has 40 heavy (non-hydrogen) atoms. The highest BCUT2D eigenvalue weighted by Crippen LogP contribution is 2.39. The standard InChI is InChI=1S/C25H25F5N4O6/c1-4-6-10-15(3)40-23-17(25(28,29)30)13-18(34(37)38)19(31-23)21(35)32-33-22(36)20(24(26,27)5-2)39-14-16-11-8-7-9-12-16/h4-5,7-9,11-13,15,20H,1-2,6,10,14H2,3H3,(H,32,35)(H,33,36)/t15-,20?/m1/s1. The molecule has 0 saturated carbocycles. The van der Waals surface area contributed by atoms with Gasteiger partial charge in [-0.05, 0) is 31.4 Å². The molecule has 216 valence electrons. The third-order valence-corrected chi connectivity index (χ3v) is 5.19. The van der Waals surface area contributed by atoms with Crippen molar-refractivity contribution < 1.29 is 45.9 Å². The van der Waals surface area contributed by atoms with Crippen LogP contribution in [0.1, 0.15) is 41.4 Å². The SMILES string of the molecule is C=CCC[C@@H](C)Oc1nc(C(=O)NNC(=O)C(OCc2ccccc2)C(F)(F)C=C)c([N+](=O)[O-])cc1C(F)(F)F. The maximum Gasteiger partial charge on any atom is 0.421 e. The molecule has 0 saturated heterocycles. The molecule has 2 aromatic rings. The summed E-state index contributed by atoms with van der Waals surface area (Å²) in [5, 5.41) is 11.5. The first kappa shape index (κ1) is 31.8. The number of hydrogen-bond acceptors (Lipinski definition) is 7. The Morgan fingerprint density at radius 3 is 2.35 bits per heavy atom. The van der Waals surface area contributed by atoms with Crippen LogP contribution in [0.3, 0.4) is 0 Å². The number of carbonyl (C=O) groups excluding carboxylic acids is 2. The predicted molar refractivity (Wildman–Crippen MR) is 131 cm³/mol. The molecule has 2 atom stereocenters. The number of nitrogens with one attached hydrogen (secondary N) is 2. The van der Waals surface area contributed by atoms with Crippen molar-refractivity contribution in [2.24, 2.45) is 0 Å². The number of rotatable bonds is 13. The van der Waals surface area contributed by atoms with Gasteiger partial charge in [0.2, 0.25) is 17.7 Å². The summed E-state index contributed by atoms with van der Waals surface area (Å²) < 4.78 is 79.8. The van der Waals surface area contributed by atoms with Crippen LogP contribution in [0.25, 0.3) is 0 Å². The summed E-state index contributed by atoms with van der Waals surface area (Å²) in [6.45, 7) is 7.40. The van der Waals surface area contributed by atoms with E-state index < -0.39 is 70.5 Å². The highest BCUT2D eigenvalue weighted by atomic mass is 19.4. The van der Waals surface area contributed by atoms with Crippen LogP contribution >= 0.6 is 0 Å². The highest BCUT2D eigenvalue weighted by molar-refractivity contribution is 5.97. The quantitative estimate of drug-likeness (QED) is 0.151. The number of alkyl halides is 5. The van der Waals surface area contributed by atoms with Crippen LogP contribution < -0.4 is 15.6 Å². The molecule has 10 nitrogen and oxygen atoms in total. The first-order chi connectivity index (χ1) is 18.7. The summed E-state index contributed by atoms with van der Waals surface area (Å²) in [6, 6.07) is 7.99. The van der Waals surface area contributed by atoms with Crippen LogP contribution in [0.5, 0.6) is 5.88 Å². The van der Waals surface area contributed by atoms with Crippen molar-refractivity contribution >= 4 is 17.5 Å². The summed E-state index contributed by atoms with van der Waals surface area (Å²) in [5.41, 5.74) is -0.474. The first-order valence-corrected chi connectivity index (χ1v) is 11.5. The number of nitrogens with zero attached hydrogens (tertiary/aromatic N) is 2. The number of hydrazine groups is 1. The van der Waals surface area contributed by atoms with Gasteiger partial charge in [-0.2, -0.15) is 22.0 Å². The summed E-state index contributed by atoms with van der Waals surface area (Å²) in [4.78, 5) is 38.7. The van der Waals surface area contributed by atoms with Gasteiger partial charge in [-0.25, -0.2) is 4.98 Å². The number of halogens is 5. The fourth-order valence-electron chi connectivity index (χ4n) is 3.15. The number of amides is 2. The van der Waals surface area contributed by atoms with Gasteiger partial charge >= 0.3 is 17.8 Å². The topological polar surface area (TPSA) is 133 Å². The molecule has 0 aliphatic carbocycles. The average molecular weight is 572 g/mol. The molecule has 2 N–H and O–H groups in total. The molecule has 2 rings (SSSR count). The monoisotopic (exact) mass is 572 g/mol. The van der Waals surface area contributed by atoms with E-state index in [-0.39, 0.29) is 18.6 Å². The molecule has 0 aliphatic rings. The van der Waals surface area contributed by atoms with Crippen LogP contribution in [-0.4, -0.2) is 39.9 Å². The van der Waals surface area contributed by atoms with E-state index in [0.717, 1.165) is 0 Å². The molecule has 0 aliphatic heterocycles. The number of aromatic nitrogens is 1. The van der Waals surface area contributed by atoms with Crippen molar-refractivity contribution in [1.29, 1.82) is 0 Å². The minimum atomic E-state index is -5.14. The molecule has 1 heterocycles. The van der Waals surface area contributed by atoms with Crippen molar-refractivity contribution in [2.75, 3.05) is 0 Å². The number of nitro groups is 1. The second-order valence-electron chi connectivity index (χ2n) is 8.26. The van der Waals surface area contributed by atoms with Gasteiger partial charge in [0.15, 0.2) is 0 Å². The summed E-state index contributed by atoms with van der Waals surface area (Å²) in [7, 11) is 0. The minimum Gasteiger partial charge on any atom is -0.474 e. The molecular formula is C25H25F5N4O6. The van der Waals surface area contributed by atoms with Gasteiger partial charge in [-0.15, -0.1) is 6.58 Å². The number of pyridine rings is 1. The largest absolute Gasteiger partial charge is 0.474 e. The van der Waals surface area contributed by atoms with Crippen molar-refractivity contribution in [3.63, 3.8) is 0 Å². The Hall–Kier alpha value is -4.40. The lowest BCUT2D eigenvalue weighted by molar-refractivity contribution is -0.385. The van der Waals surface area contributed by atoms with Gasteiger partial charge in [-0.1, -0.05) is 43.0 Å². The summed E-state index contributed by atoms with van der Waals surface area (Å²) >= 11 is 0. The van der Waals surface area contributed by atoms with Gasteiger partial charge in [0.05, 0.1) is 17.6 Å². The van der Waals surface area contributed by atoms with Crippen molar-refractivity contribution in [2.45, 2.75) is 50.7 Å². The number of ether oxygens (including phenoxy) is 2. The number of hydrogen-bond donors (Lipinski definition) is 2. The zero-order valence-electron chi connectivity index (χ0n) is 21.0. The van der Waals surface area contributed by atoms with Crippen molar-refractivity contribution in [3.8, 4) is 5.88 Å². The van der Waals surface area contributed by atoms with E-state index in [0.29, 0.717) is 12.0 Å². The highest BCUT2D eigenvalue weighted by Gasteiger charge is 2.44. The molecule has 15 heteroatoms. The van der Waals surface area contributed by atoms with Gasteiger partial charge in [0.25, 0.3) is 11.8 Å². The van der Waals surface area contributed by atoms with E-state index in [1.54, 1.807) is 29.1 Å². The van der Waals surface area contributed by atoms with Gasteiger partial charge in [-0.3, -0.25) is 30.6 Å². The minimum absolute atomic E-state index is 0.0525. The Bertz CT molecular complexity index is 1240. The molecule has 1 aromatic carbocycles.